The number of hydrogen-bond donors (Lipinski definition) is 1. The lowest BCUT2D eigenvalue weighted by Gasteiger charge is -2.56. The molecule has 0 spiro atoms. The van der Waals surface area contributed by atoms with Crippen molar-refractivity contribution in [2.45, 2.75) is 26.3 Å². The number of nitrogens with two attached hydrogens (primary N) is 1. The van der Waals surface area contributed by atoms with Gasteiger partial charge in [0.15, 0.2) is 0 Å². The molecule has 0 radical (unpaired) electrons. The summed E-state index contributed by atoms with van der Waals surface area (Å²) in [4.78, 5) is 0. The average Bonchev–Trinajstić information content (AvgIpc) is 1.87. The van der Waals surface area contributed by atoms with E-state index in [0.29, 0.717) is 11.5 Å². The molecular formula is C9H15N. The Kier molecular flexibility index (Phi) is 1.06. The molecule has 3 atom stereocenters. The standard InChI is InChI=1S/C9H15N/c1-9(2)6-3-4-8(10)7(9)5-6/h3-4,6-8H,5,10H2,1-2H3. The highest BCUT2D eigenvalue weighted by Gasteiger charge is 2.50. The van der Waals surface area contributed by atoms with Crippen LogP contribution >= 0.6 is 0 Å². The minimum atomic E-state index is 0.333. The zero-order chi connectivity index (χ0) is 7.35. The Morgan fingerprint density at radius 3 is 2.40 bits per heavy atom. The molecule has 56 valence electrons. The lowest BCUT2D eigenvalue weighted by atomic mass is 9.50. The molecule has 0 amide bonds. The van der Waals surface area contributed by atoms with Gasteiger partial charge in [0.05, 0.1) is 0 Å². The van der Waals surface area contributed by atoms with Gasteiger partial charge in [-0.3, -0.25) is 0 Å². The third-order valence-corrected chi connectivity index (χ3v) is 3.45. The molecule has 1 heteroatoms. The molecule has 3 unspecified atom stereocenters. The van der Waals surface area contributed by atoms with E-state index in [1.807, 2.05) is 0 Å². The highest BCUT2D eigenvalue weighted by Crippen LogP contribution is 2.55. The monoisotopic (exact) mass is 137 g/mol. The van der Waals surface area contributed by atoms with Gasteiger partial charge in [-0.2, -0.15) is 0 Å². The largest absolute Gasteiger partial charge is 0.324 e. The zero-order valence-electron chi connectivity index (χ0n) is 6.67. The molecule has 1 saturated carbocycles. The average molecular weight is 137 g/mol. The van der Waals surface area contributed by atoms with Crippen LogP contribution in [0, 0.1) is 17.3 Å². The van der Waals surface area contributed by atoms with E-state index >= 15 is 0 Å². The summed E-state index contributed by atoms with van der Waals surface area (Å²) in [6, 6.07) is 0.333. The van der Waals surface area contributed by atoms with Gasteiger partial charge < -0.3 is 5.73 Å². The Balaban J connectivity index is 2.28. The van der Waals surface area contributed by atoms with Crippen molar-refractivity contribution >= 4 is 0 Å². The van der Waals surface area contributed by atoms with Gasteiger partial charge in [0.2, 0.25) is 0 Å². The minimum absolute atomic E-state index is 0.333. The number of allylic oxidation sites excluding steroid dienone is 1. The Morgan fingerprint density at radius 2 is 2.10 bits per heavy atom. The van der Waals surface area contributed by atoms with Gasteiger partial charge >= 0.3 is 0 Å². The summed E-state index contributed by atoms with van der Waals surface area (Å²) in [6.07, 6.45) is 5.79. The molecule has 2 bridgehead atoms. The van der Waals surface area contributed by atoms with Crippen LogP contribution in [0.4, 0.5) is 0 Å². The Bertz CT molecular complexity index is 181. The van der Waals surface area contributed by atoms with Crippen molar-refractivity contribution in [1.82, 2.24) is 0 Å². The molecule has 3 aliphatic rings. The molecular weight excluding hydrogens is 122 g/mol. The number of rotatable bonds is 0. The molecule has 3 rings (SSSR count). The van der Waals surface area contributed by atoms with Crippen LogP contribution in [-0.4, -0.2) is 6.04 Å². The second-order valence-corrected chi connectivity index (χ2v) is 4.23. The fourth-order valence-corrected chi connectivity index (χ4v) is 2.37. The van der Waals surface area contributed by atoms with Crippen LogP contribution in [-0.2, 0) is 0 Å². The van der Waals surface area contributed by atoms with Gasteiger partial charge in [-0.25, -0.2) is 0 Å². The second-order valence-electron chi connectivity index (χ2n) is 4.23. The van der Waals surface area contributed by atoms with Crippen molar-refractivity contribution in [3.05, 3.63) is 12.2 Å². The predicted octanol–water partition coefficient (Wildman–Crippen LogP) is 1.55. The summed E-state index contributed by atoms with van der Waals surface area (Å²) < 4.78 is 0. The van der Waals surface area contributed by atoms with Crippen LogP contribution in [0.25, 0.3) is 0 Å². The van der Waals surface area contributed by atoms with E-state index in [-0.39, 0.29) is 0 Å². The summed E-state index contributed by atoms with van der Waals surface area (Å²) >= 11 is 0. The zero-order valence-corrected chi connectivity index (χ0v) is 6.67. The summed E-state index contributed by atoms with van der Waals surface area (Å²) in [6.45, 7) is 4.66. The third kappa shape index (κ3) is 0.567. The predicted molar refractivity (Wildman–Crippen MR) is 42.5 cm³/mol. The quantitative estimate of drug-likeness (QED) is 0.504. The van der Waals surface area contributed by atoms with Crippen LogP contribution in [0.1, 0.15) is 20.3 Å². The SMILES string of the molecule is CC1(C)C2C=CC(N)C1C2. The van der Waals surface area contributed by atoms with Crippen molar-refractivity contribution in [3.8, 4) is 0 Å². The molecule has 0 saturated heterocycles. The van der Waals surface area contributed by atoms with Crippen molar-refractivity contribution < 1.29 is 0 Å². The highest BCUT2D eigenvalue weighted by molar-refractivity contribution is 5.18. The van der Waals surface area contributed by atoms with Gasteiger partial charge in [-0.15, -0.1) is 0 Å². The first-order chi connectivity index (χ1) is 4.62. The lowest BCUT2D eigenvalue weighted by Crippen LogP contribution is -2.54. The molecule has 0 heterocycles. The fraction of sp³-hybridized carbons (Fsp3) is 0.778. The van der Waals surface area contributed by atoms with Crippen LogP contribution in [0.5, 0.6) is 0 Å². The van der Waals surface area contributed by atoms with Gasteiger partial charge in [0.1, 0.15) is 0 Å². The molecule has 0 aliphatic heterocycles. The Labute approximate surface area is 62.3 Å². The molecule has 0 aromatic heterocycles. The maximum absolute atomic E-state index is 5.90. The molecule has 10 heavy (non-hydrogen) atoms. The van der Waals surface area contributed by atoms with E-state index in [2.05, 4.69) is 26.0 Å². The lowest BCUT2D eigenvalue weighted by molar-refractivity contribution is -0.00831. The van der Waals surface area contributed by atoms with Crippen LogP contribution in [0.2, 0.25) is 0 Å². The van der Waals surface area contributed by atoms with Gasteiger partial charge in [-0.1, -0.05) is 26.0 Å². The maximum Gasteiger partial charge on any atom is 0.0258 e. The summed E-state index contributed by atoms with van der Waals surface area (Å²) in [7, 11) is 0. The normalized spacial score (nSPS) is 48.5. The summed E-state index contributed by atoms with van der Waals surface area (Å²) in [5.74, 6) is 1.57. The first-order valence-electron chi connectivity index (χ1n) is 4.06. The molecule has 0 aromatic rings. The van der Waals surface area contributed by atoms with Gasteiger partial charge in [0.25, 0.3) is 0 Å². The van der Waals surface area contributed by atoms with E-state index in [1.54, 1.807) is 0 Å². The first-order valence-corrected chi connectivity index (χ1v) is 4.06. The highest BCUT2D eigenvalue weighted by atomic mass is 14.7. The Hall–Kier alpha value is -0.300. The van der Waals surface area contributed by atoms with E-state index in [0.717, 1.165) is 11.8 Å². The van der Waals surface area contributed by atoms with E-state index < -0.39 is 0 Å². The molecule has 0 aromatic carbocycles. The Morgan fingerprint density at radius 1 is 1.40 bits per heavy atom. The van der Waals surface area contributed by atoms with Gasteiger partial charge in [-0.05, 0) is 23.7 Å². The minimum Gasteiger partial charge on any atom is -0.324 e. The molecule has 1 fully saturated rings. The smallest absolute Gasteiger partial charge is 0.0258 e. The molecule has 2 N–H and O–H groups in total. The maximum atomic E-state index is 5.90. The van der Waals surface area contributed by atoms with Crippen LogP contribution in [0.3, 0.4) is 0 Å². The number of fused-ring (bicyclic) bond motifs is 1. The van der Waals surface area contributed by atoms with Crippen molar-refractivity contribution in [3.63, 3.8) is 0 Å². The van der Waals surface area contributed by atoms with E-state index in [9.17, 15) is 0 Å². The fourth-order valence-electron chi connectivity index (χ4n) is 2.37. The molecule has 3 aliphatic carbocycles. The van der Waals surface area contributed by atoms with Crippen molar-refractivity contribution in [2.75, 3.05) is 0 Å². The topological polar surface area (TPSA) is 26.0 Å². The van der Waals surface area contributed by atoms with Crippen LogP contribution in [0.15, 0.2) is 12.2 Å². The second kappa shape index (κ2) is 1.65. The summed E-state index contributed by atoms with van der Waals surface area (Å²) in [5, 5.41) is 0. The van der Waals surface area contributed by atoms with Crippen molar-refractivity contribution in [1.29, 1.82) is 0 Å². The summed E-state index contributed by atoms with van der Waals surface area (Å²) in [5.41, 5.74) is 6.40. The first kappa shape index (κ1) is 6.41. The van der Waals surface area contributed by atoms with Gasteiger partial charge in [0, 0.05) is 6.04 Å². The van der Waals surface area contributed by atoms with Crippen molar-refractivity contribution in [2.24, 2.45) is 23.0 Å². The van der Waals surface area contributed by atoms with E-state index in [4.69, 9.17) is 5.73 Å². The van der Waals surface area contributed by atoms with E-state index in [1.165, 1.54) is 6.42 Å². The third-order valence-electron chi connectivity index (χ3n) is 3.45. The number of hydrogen-bond acceptors (Lipinski definition) is 1. The molecule has 1 nitrogen and oxygen atoms in total. The van der Waals surface area contributed by atoms with Crippen LogP contribution < -0.4 is 5.73 Å².